The van der Waals surface area contributed by atoms with Gasteiger partial charge in [0.25, 0.3) is 0 Å². The highest BCUT2D eigenvalue weighted by molar-refractivity contribution is 9.10. The van der Waals surface area contributed by atoms with Gasteiger partial charge in [0.2, 0.25) is 0 Å². The summed E-state index contributed by atoms with van der Waals surface area (Å²) in [5.41, 5.74) is -0.0302. The van der Waals surface area contributed by atoms with Crippen LogP contribution in [0.25, 0.3) is 0 Å². The molecule has 0 bridgehead atoms. The van der Waals surface area contributed by atoms with Gasteiger partial charge in [-0.2, -0.15) is 0 Å². The van der Waals surface area contributed by atoms with Crippen molar-refractivity contribution in [1.29, 1.82) is 0 Å². The largest absolute Gasteiger partial charge is 0.383 e. The Bertz CT molecular complexity index is 293. The third-order valence-electron chi connectivity index (χ3n) is 2.20. The summed E-state index contributed by atoms with van der Waals surface area (Å²) in [5.74, 6) is 0. The molecule has 1 aromatic carbocycles. The molecule has 0 aliphatic rings. The Morgan fingerprint density at radius 1 is 1.33 bits per heavy atom. The number of halogens is 1. The average Bonchev–Trinajstić information content (AvgIpc) is 2.18. The summed E-state index contributed by atoms with van der Waals surface area (Å²) in [6.45, 7) is 4.84. The third-order valence-corrected chi connectivity index (χ3v) is 2.73. The SMILES string of the molecule is CCCOCC(C)(O)c1ccc(Br)cc1. The molecular formula is C12H17BrO2. The van der Waals surface area contributed by atoms with E-state index < -0.39 is 5.60 Å². The summed E-state index contributed by atoms with van der Waals surface area (Å²) in [6.07, 6.45) is 0.969. The maximum absolute atomic E-state index is 10.2. The minimum Gasteiger partial charge on any atom is -0.383 e. The van der Waals surface area contributed by atoms with Crippen molar-refractivity contribution in [3.8, 4) is 0 Å². The monoisotopic (exact) mass is 272 g/mol. The molecule has 3 heteroatoms. The maximum atomic E-state index is 10.2. The average molecular weight is 273 g/mol. The fraction of sp³-hybridized carbons (Fsp3) is 0.500. The van der Waals surface area contributed by atoms with E-state index in [-0.39, 0.29) is 0 Å². The first-order valence-corrected chi connectivity index (χ1v) is 5.91. The van der Waals surface area contributed by atoms with Gasteiger partial charge in [0.15, 0.2) is 0 Å². The van der Waals surface area contributed by atoms with E-state index in [0.29, 0.717) is 13.2 Å². The summed E-state index contributed by atoms with van der Waals surface area (Å²) < 4.78 is 6.38. The van der Waals surface area contributed by atoms with Gasteiger partial charge in [-0.25, -0.2) is 0 Å². The molecule has 0 aliphatic heterocycles. The summed E-state index contributed by atoms with van der Waals surface area (Å²) in [6, 6.07) is 7.64. The fourth-order valence-electron chi connectivity index (χ4n) is 1.31. The van der Waals surface area contributed by atoms with E-state index in [0.717, 1.165) is 16.5 Å². The van der Waals surface area contributed by atoms with Crippen LogP contribution in [0.1, 0.15) is 25.8 Å². The standard InChI is InChI=1S/C12H17BrO2/c1-3-8-15-9-12(2,14)10-4-6-11(13)7-5-10/h4-7,14H,3,8-9H2,1-2H3. The molecule has 1 aromatic rings. The fourth-order valence-corrected chi connectivity index (χ4v) is 1.57. The zero-order chi connectivity index (χ0) is 11.3. The number of rotatable bonds is 5. The van der Waals surface area contributed by atoms with Crippen LogP contribution in [0.2, 0.25) is 0 Å². The molecule has 0 fully saturated rings. The number of ether oxygens (including phenoxy) is 1. The van der Waals surface area contributed by atoms with Gasteiger partial charge in [0, 0.05) is 11.1 Å². The van der Waals surface area contributed by atoms with E-state index in [1.54, 1.807) is 6.92 Å². The molecule has 0 amide bonds. The van der Waals surface area contributed by atoms with Crippen molar-refractivity contribution in [3.05, 3.63) is 34.3 Å². The summed E-state index contributed by atoms with van der Waals surface area (Å²) >= 11 is 3.36. The highest BCUT2D eigenvalue weighted by Gasteiger charge is 2.22. The normalized spacial score (nSPS) is 14.9. The molecule has 0 radical (unpaired) electrons. The minimum absolute atomic E-state index is 0.336. The molecular weight excluding hydrogens is 256 g/mol. The summed E-state index contributed by atoms with van der Waals surface area (Å²) in [7, 11) is 0. The Morgan fingerprint density at radius 2 is 1.93 bits per heavy atom. The van der Waals surface area contributed by atoms with Crippen LogP contribution in [-0.2, 0) is 10.3 Å². The molecule has 1 unspecified atom stereocenters. The zero-order valence-electron chi connectivity index (χ0n) is 9.16. The summed E-state index contributed by atoms with van der Waals surface area (Å²) in [4.78, 5) is 0. The van der Waals surface area contributed by atoms with Crippen molar-refractivity contribution in [3.63, 3.8) is 0 Å². The van der Waals surface area contributed by atoms with Gasteiger partial charge in [-0.1, -0.05) is 35.0 Å². The van der Waals surface area contributed by atoms with Gasteiger partial charge < -0.3 is 9.84 Å². The molecule has 0 aliphatic carbocycles. The quantitative estimate of drug-likeness (QED) is 0.835. The third kappa shape index (κ3) is 3.93. The molecule has 2 nitrogen and oxygen atoms in total. The topological polar surface area (TPSA) is 29.5 Å². The highest BCUT2D eigenvalue weighted by Crippen LogP contribution is 2.22. The molecule has 15 heavy (non-hydrogen) atoms. The van der Waals surface area contributed by atoms with Crippen LogP contribution in [0, 0.1) is 0 Å². The van der Waals surface area contributed by atoms with Gasteiger partial charge in [-0.05, 0) is 31.0 Å². The first-order chi connectivity index (χ1) is 7.06. The zero-order valence-corrected chi connectivity index (χ0v) is 10.8. The second-order valence-electron chi connectivity index (χ2n) is 3.83. The Balaban J connectivity index is 2.63. The van der Waals surface area contributed by atoms with E-state index in [9.17, 15) is 5.11 Å². The van der Waals surface area contributed by atoms with Crippen LogP contribution in [0.15, 0.2) is 28.7 Å². The van der Waals surface area contributed by atoms with E-state index in [4.69, 9.17) is 4.74 Å². The number of benzene rings is 1. The van der Waals surface area contributed by atoms with Crippen molar-refractivity contribution < 1.29 is 9.84 Å². The van der Waals surface area contributed by atoms with Crippen LogP contribution < -0.4 is 0 Å². The Labute approximate surface area is 99.4 Å². The van der Waals surface area contributed by atoms with Gasteiger partial charge in [0.05, 0.1) is 6.61 Å². The number of aliphatic hydroxyl groups is 1. The lowest BCUT2D eigenvalue weighted by molar-refractivity contribution is -0.0375. The van der Waals surface area contributed by atoms with E-state index >= 15 is 0 Å². The van der Waals surface area contributed by atoms with Crippen LogP contribution in [0.5, 0.6) is 0 Å². The second-order valence-corrected chi connectivity index (χ2v) is 4.75. The molecule has 0 saturated carbocycles. The van der Waals surface area contributed by atoms with Crippen LogP contribution in [-0.4, -0.2) is 18.3 Å². The van der Waals surface area contributed by atoms with Crippen LogP contribution in [0.3, 0.4) is 0 Å². The number of hydrogen-bond donors (Lipinski definition) is 1. The Kier molecular flexibility index (Phi) is 4.77. The molecule has 84 valence electrons. The lowest BCUT2D eigenvalue weighted by Crippen LogP contribution is -2.27. The predicted octanol–water partition coefficient (Wildman–Crippen LogP) is 3.08. The lowest BCUT2D eigenvalue weighted by Gasteiger charge is -2.23. The van der Waals surface area contributed by atoms with Crippen molar-refractivity contribution >= 4 is 15.9 Å². The molecule has 1 atom stereocenters. The number of hydrogen-bond acceptors (Lipinski definition) is 2. The van der Waals surface area contributed by atoms with E-state index in [2.05, 4.69) is 15.9 Å². The smallest absolute Gasteiger partial charge is 0.110 e. The lowest BCUT2D eigenvalue weighted by atomic mass is 9.97. The van der Waals surface area contributed by atoms with Crippen molar-refractivity contribution in [2.24, 2.45) is 0 Å². The first kappa shape index (κ1) is 12.7. The minimum atomic E-state index is -0.907. The van der Waals surface area contributed by atoms with Gasteiger partial charge in [0.1, 0.15) is 5.60 Å². The van der Waals surface area contributed by atoms with Crippen LogP contribution in [0.4, 0.5) is 0 Å². The Morgan fingerprint density at radius 3 is 2.47 bits per heavy atom. The van der Waals surface area contributed by atoms with Crippen LogP contribution >= 0.6 is 15.9 Å². The molecule has 1 N–H and O–H groups in total. The molecule has 0 heterocycles. The molecule has 0 spiro atoms. The first-order valence-electron chi connectivity index (χ1n) is 5.12. The predicted molar refractivity (Wildman–Crippen MR) is 64.8 cm³/mol. The van der Waals surface area contributed by atoms with Gasteiger partial charge >= 0.3 is 0 Å². The molecule has 0 saturated heterocycles. The maximum Gasteiger partial charge on any atom is 0.110 e. The highest BCUT2D eigenvalue weighted by atomic mass is 79.9. The van der Waals surface area contributed by atoms with E-state index in [1.807, 2.05) is 31.2 Å². The summed E-state index contributed by atoms with van der Waals surface area (Å²) in [5, 5.41) is 10.2. The molecule has 1 rings (SSSR count). The molecule has 0 aromatic heterocycles. The van der Waals surface area contributed by atoms with Gasteiger partial charge in [-0.15, -0.1) is 0 Å². The Hall–Kier alpha value is -0.380. The van der Waals surface area contributed by atoms with Crippen molar-refractivity contribution in [2.75, 3.05) is 13.2 Å². The van der Waals surface area contributed by atoms with Crippen molar-refractivity contribution in [1.82, 2.24) is 0 Å². The van der Waals surface area contributed by atoms with Gasteiger partial charge in [-0.3, -0.25) is 0 Å². The van der Waals surface area contributed by atoms with E-state index in [1.165, 1.54) is 0 Å². The second kappa shape index (κ2) is 5.64. The van der Waals surface area contributed by atoms with Crippen molar-refractivity contribution in [2.45, 2.75) is 25.9 Å².